The predicted molar refractivity (Wildman–Crippen MR) is 77.5 cm³/mol. The summed E-state index contributed by atoms with van der Waals surface area (Å²) in [4.78, 5) is 24.9. The van der Waals surface area contributed by atoms with Gasteiger partial charge in [-0.25, -0.2) is 4.79 Å². The third-order valence-electron chi connectivity index (χ3n) is 3.27. The number of hydrogen-bond donors (Lipinski definition) is 2. The molecule has 2 rings (SSSR count). The molecule has 1 saturated heterocycles. The highest BCUT2D eigenvalue weighted by Gasteiger charge is 2.34. The van der Waals surface area contributed by atoms with Gasteiger partial charge in [-0.2, -0.15) is 0 Å². The zero-order valence-corrected chi connectivity index (χ0v) is 12.3. The minimum absolute atomic E-state index is 0.241. The number of carboxylic acids is 1. The van der Waals surface area contributed by atoms with Crippen LogP contribution < -0.4 is 10.1 Å². The normalized spacial score (nSPS) is 19.9. The molecule has 114 valence electrons. The largest absolute Gasteiger partial charge is 0.481 e. The summed E-state index contributed by atoms with van der Waals surface area (Å²) >= 11 is 5.86. The number of amides is 1. The Kier molecular flexibility index (Phi) is 5.03. The molecule has 2 unspecified atom stereocenters. The fraction of sp³-hybridized carbons (Fsp3) is 0.429. The van der Waals surface area contributed by atoms with Gasteiger partial charge in [0.1, 0.15) is 11.8 Å². The van der Waals surface area contributed by atoms with E-state index >= 15 is 0 Å². The number of hydrogen-bond acceptors (Lipinski definition) is 4. The van der Waals surface area contributed by atoms with Crippen molar-refractivity contribution in [3.05, 3.63) is 29.3 Å². The third-order valence-corrected chi connectivity index (χ3v) is 3.50. The second kappa shape index (κ2) is 6.78. The van der Waals surface area contributed by atoms with Crippen LogP contribution in [0.25, 0.3) is 0 Å². The SMILES string of the molecule is CC(Oc1cccc(Cl)c1)C(=O)N1CCNCC1C(=O)O. The average Bonchev–Trinajstić information content (AvgIpc) is 2.46. The molecular formula is C14H17ClN2O4. The van der Waals surface area contributed by atoms with E-state index in [0.717, 1.165) is 0 Å². The first-order valence-corrected chi connectivity index (χ1v) is 7.03. The highest BCUT2D eigenvalue weighted by molar-refractivity contribution is 6.30. The summed E-state index contributed by atoms with van der Waals surface area (Å²) in [5, 5.41) is 12.6. The van der Waals surface area contributed by atoms with Gasteiger partial charge >= 0.3 is 5.97 Å². The lowest BCUT2D eigenvalue weighted by atomic mass is 10.1. The lowest BCUT2D eigenvalue weighted by Crippen LogP contribution is -2.59. The Balaban J connectivity index is 2.05. The number of nitrogens with zero attached hydrogens (tertiary/aromatic N) is 1. The predicted octanol–water partition coefficient (Wildman–Crippen LogP) is 0.992. The van der Waals surface area contributed by atoms with Crippen LogP contribution in [0.3, 0.4) is 0 Å². The first-order chi connectivity index (χ1) is 9.99. The minimum Gasteiger partial charge on any atom is -0.481 e. The van der Waals surface area contributed by atoms with Crippen molar-refractivity contribution in [2.45, 2.75) is 19.1 Å². The second-order valence-corrected chi connectivity index (χ2v) is 5.24. The maximum Gasteiger partial charge on any atom is 0.327 e. The fourth-order valence-electron chi connectivity index (χ4n) is 2.22. The molecule has 0 aliphatic carbocycles. The molecular weight excluding hydrogens is 296 g/mol. The highest BCUT2D eigenvalue weighted by atomic mass is 35.5. The van der Waals surface area contributed by atoms with E-state index in [1.807, 2.05) is 0 Å². The van der Waals surface area contributed by atoms with Crippen LogP contribution in [0.4, 0.5) is 0 Å². The van der Waals surface area contributed by atoms with Gasteiger partial charge in [-0.15, -0.1) is 0 Å². The molecule has 1 amide bonds. The molecule has 2 N–H and O–H groups in total. The highest BCUT2D eigenvalue weighted by Crippen LogP contribution is 2.19. The summed E-state index contributed by atoms with van der Waals surface area (Å²) in [6.45, 7) is 2.76. The number of ether oxygens (including phenoxy) is 1. The molecule has 1 aromatic carbocycles. The van der Waals surface area contributed by atoms with Crippen LogP contribution in [0, 0.1) is 0 Å². The number of rotatable bonds is 4. The van der Waals surface area contributed by atoms with E-state index in [4.69, 9.17) is 16.3 Å². The van der Waals surface area contributed by atoms with Crippen LogP contribution in [0.1, 0.15) is 6.92 Å². The summed E-state index contributed by atoms with van der Waals surface area (Å²) in [5.41, 5.74) is 0. The molecule has 21 heavy (non-hydrogen) atoms. The van der Waals surface area contributed by atoms with Crippen LogP contribution in [0.2, 0.25) is 5.02 Å². The number of carbonyl (C=O) groups excluding carboxylic acids is 1. The van der Waals surface area contributed by atoms with Gasteiger partial charge in [-0.05, 0) is 25.1 Å². The Morgan fingerprint density at radius 2 is 2.29 bits per heavy atom. The molecule has 1 aromatic rings. The van der Waals surface area contributed by atoms with E-state index in [9.17, 15) is 14.7 Å². The van der Waals surface area contributed by atoms with E-state index in [1.165, 1.54) is 4.90 Å². The van der Waals surface area contributed by atoms with Crippen LogP contribution in [0.5, 0.6) is 5.75 Å². The molecule has 0 saturated carbocycles. The van der Waals surface area contributed by atoms with E-state index in [2.05, 4.69) is 5.32 Å². The Morgan fingerprint density at radius 3 is 2.95 bits per heavy atom. The van der Waals surface area contributed by atoms with E-state index < -0.39 is 18.1 Å². The van der Waals surface area contributed by atoms with Gasteiger partial charge in [0, 0.05) is 24.7 Å². The zero-order chi connectivity index (χ0) is 15.4. The number of halogens is 1. The molecule has 0 spiro atoms. The number of benzene rings is 1. The molecule has 7 heteroatoms. The van der Waals surface area contributed by atoms with Crippen molar-refractivity contribution in [3.8, 4) is 5.75 Å². The topological polar surface area (TPSA) is 78.9 Å². The van der Waals surface area contributed by atoms with Crippen molar-refractivity contribution in [2.24, 2.45) is 0 Å². The number of carbonyl (C=O) groups is 2. The quantitative estimate of drug-likeness (QED) is 0.867. The lowest BCUT2D eigenvalue weighted by molar-refractivity contribution is -0.154. The summed E-state index contributed by atoms with van der Waals surface area (Å²) in [6, 6.07) is 5.87. The van der Waals surface area contributed by atoms with Crippen molar-refractivity contribution in [1.29, 1.82) is 0 Å². The van der Waals surface area contributed by atoms with Gasteiger partial charge in [0.05, 0.1) is 0 Å². The number of nitrogens with one attached hydrogen (secondary N) is 1. The molecule has 1 aliphatic rings. The van der Waals surface area contributed by atoms with Crippen molar-refractivity contribution in [3.63, 3.8) is 0 Å². The Bertz CT molecular complexity index is 537. The van der Waals surface area contributed by atoms with Crippen molar-refractivity contribution in [1.82, 2.24) is 10.2 Å². The molecule has 0 radical (unpaired) electrons. The van der Waals surface area contributed by atoms with Crippen molar-refractivity contribution >= 4 is 23.5 Å². The summed E-state index contributed by atoms with van der Waals surface area (Å²) in [6.07, 6.45) is -0.775. The van der Waals surface area contributed by atoms with Crippen LogP contribution in [-0.4, -0.2) is 53.7 Å². The third kappa shape index (κ3) is 3.86. The van der Waals surface area contributed by atoms with Crippen LogP contribution in [-0.2, 0) is 9.59 Å². The van der Waals surface area contributed by atoms with Gasteiger partial charge in [0.15, 0.2) is 6.10 Å². The molecule has 1 heterocycles. The summed E-state index contributed by atoms with van der Waals surface area (Å²) < 4.78 is 5.55. The molecule has 6 nitrogen and oxygen atoms in total. The second-order valence-electron chi connectivity index (χ2n) is 4.81. The first kappa shape index (κ1) is 15.6. The summed E-state index contributed by atoms with van der Waals surface area (Å²) in [5.74, 6) is -0.889. The van der Waals surface area contributed by atoms with Gasteiger partial charge in [-0.1, -0.05) is 17.7 Å². The number of carboxylic acid groups (broad SMARTS) is 1. The summed E-state index contributed by atoms with van der Waals surface area (Å²) in [7, 11) is 0. The maximum atomic E-state index is 12.4. The fourth-order valence-corrected chi connectivity index (χ4v) is 2.40. The standard InChI is InChI=1S/C14H17ClN2O4/c1-9(21-11-4-2-3-10(15)7-11)13(18)17-6-5-16-8-12(17)14(19)20/h2-4,7,9,12,16H,5-6,8H2,1H3,(H,19,20). The van der Waals surface area contributed by atoms with Crippen LogP contribution in [0.15, 0.2) is 24.3 Å². The minimum atomic E-state index is -1.02. The van der Waals surface area contributed by atoms with Crippen LogP contribution >= 0.6 is 11.6 Å². The zero-order valence-electron chi connectivity index (χ0n) is 11.6. The molecule has 0 aromatic heterocycles. The Morgan fingerprint density at radius 1 is 1.52 bits per heavy atom. The monoisotopic (exact) mass is 312 g/mol. The van der Waals surface area contributed by atoms with Gasteiger partial charge < -0.3 is 20.1 Å². The smallest absolute Gasteiger partial charge is 0.327 e. The Labute approximate surface area is 127 Å². The molecule has 1 aliphatic heterocycles. The molecule has 2 atom stereocenters. The van der Waals surface area contributed by atoms with E-state index in [1.54, 1.807) is 31.2 Å². The average molecular weight is 313 g/mol. The van der Waals surface area contributed by atoms with Crippen molar-refractivity contribution < 1.29 is 19.4 Å². The lowest BCUT2D eigenvalue weighted by Gasteiger charge is -2.35. The van der Waals surface area contributed by atoms with Gasteiger partial charge in [0.25, 0.3) is 5.91 Å². The Hall–Kier alpha value is -1.79. The van der Waals surface area contributed by atoms with Gasteiger partial charge in [0.2, 0.25) is 0 Å². The number of aliphatic carboxylic acids is 1. The molecule has 1 fully saturated rings. The van der Waals surface area contributed by atoms with Crippen molar-refractivity contribution in [2.75, 3.05) is 19.6 Å². The van der Waals surface area contributed by atoms with E-state index in [-0.39, 0.29) is 12.5 Å². The van der Waals surface area contributed by atoms with E-state index in [0.29, 0.717) is 23.9 Å². The first-order valence-electron chi connectivity index (χ1n) is 6.65. The van der Waals surface area contributed by atoms with Gasteiger partial charge in [-0.3, -0.25) is 4.79 Å². The number of piperazine rings is 1. The maximum absolute atomic E-state index is 12.4. The molecule has 0 bridgehead atoms.